The molecule has 1 aliphatic heterocycles. The topological polar surface area (TPSA) is 26.7 Å². The number of aliphatic hydroxyl groups is 1. The summed E-state index contributed by atoms with van der Waals surface area (Å²) in [5.41, 5.74) is 2.18. The molecule has 0 spiro atoms. The third-order valence-electron chi connectivity index (χ3n) is 3.50. The van der Waals surface area contributed by atoms with E-state index < -0.39 is 6.10 Å². The van der Waals surface area contributed by atoms with Gasteiger partial charge in [-0.3, -0.25) is 0 Å². The van der Waals surface area contributed by atoms with Gasteiger partial charge in [0, 0.05) is 35.4 Å². The van der Waals surface area contributed by atoms with Crippen LogP contribution in [0.25, 0.3) is 0 Å². The molecule has 1 fully saturated rings. The van der Waals surface area contributed by atoms with Crippen molar-refractivity contribution in [3.05, 3.63) is 28.2 Å². The summed E-state index contributed by atoms with van der Waals surface area (Å²) in [7, 11) is 2.17. The summed E-state index contributed by atoms with van der Waals surface area (Å²) in [5, 5.41) is 9.92. The molecule has 1 aromatic rings. The molecule has 1 N–H and O–H groups in total. The predicted octanol–water partition coefficient (Wildman–Crippen LogP) is 2.64. The van der Waals surface area contributed by atoms with Gasteiger partial charge in [0.05, 0.1) is 6.10 Å². The maximum Gasteiger partial charge on any atom is 0.0782 e. The van der Waals surface area contributed by atoms with E-state index in [2.05, 4.69) is 44.9 Å². The van der Waals surface area contributed by atoms with Gasteiger partial charge >= 0.3 is 0 Å². The Morgan fingerprint density at radius 1 is 1.22 bits per heavy atom. The normalized spacial score (nSPS) is 19.7. The Morgan fingerprint density at radius 2 is 2.00 bits per heavy atom. The molecule has 4 heteroatoms. The van der Waals surface area contributed by atoms with Gasteiger partial charge in [-0.05, 0) is 45.1 Å². The summed E-state index contributed by atoms with van der Waals surface area (Å²) in [6, 6.07) is 6.18. The van der Waals surface area contributed by atoms with Crippen molar-refractivity contribution in [3.63, 3.8) is 0 Å². The molecule has 0 aromatic heterocycles. The van der Waals surface area contributed by atoms with Crippen LogP contribution in [0.5, 0.6) is 0 Å². The van der Waals surface area contributed by atoms with Crippen LogP contribution in [0.4, 0.5) is 5.69 Å². The third kappa shape index (κ3) is 3.25. The number of anilines is 1. The Balaban J connectivity index is 2.26. The summed E-state index contributed by atoms with van der Waals surface area (Å²) >= 11 is 3.48. The number of benzene rings is 1. The SMILES string of the molecule is CC(O)c1cc(Br)ccc1N1CCCN(C)CC1. The molecular formula is C14H21BrN2O. The minimum atomic E-state index is -0.432. The molecule has 100 valence electrons. The number of aliphatic hydroxyl groups excluding tert-OH is 1. The summed E-state index contributed by atoms with van der Waals surface area (Å²) in [5.74, 6) is 0. The van der Waals surface area contributed by atoms with Gasteiger partial charge in [-0.25, -0.2) is 0 Å². The van der Waals surface area contributed by atoms with E-state index in [9.17, 15) is 5.11 Å². The van der Waals surface area contributed by atoms with Crippen molar-refractivity contribution in [3.8, 4) is 0 Å². The molecule has 0 aliphatic carbocycles. The van der Waals surface area contributed by atoms with E-state index in [0.717, 1.165) is 36.2 Å². The Labute approximate surface area is 118 Å². The second-order valence-electron chi connectivity index (χ2n) is 5.02. The van der Waals surface area contributed by atoms with E-state index in [1.165, 1.54) is 12.1 Å². The monoisotopic (exact) mass is 312 g/mol. The first-order valence-corrected chi connectivity index (χ1v) is 7.28. The van der Waals surface area contributed by atoms with E-state index in [-0.39, 0.29) is 0 Å². The van der Waals surface area contributed by atoms with E-state index in [4.69, 9.17) is 0 Å². The second-order valence-corrected chi connectivity index (χ2v) is 5.94. The number of likely N-dealkylation sites (N-methyl/N-ethyl adjacent to an activating group) is 1. The van der Waals surface area contributed by atoms with Crippen molar-refractivity contribution in [2.75, 3.05) is 38.1 Å². The number of halogens is 1. The Kier molecular flexibility index (Phi) is 4.65. The van der Waals surface area contributed by atoms with Crippen molar-refractivity contribution < 1.29 is 5.11 Å². The molecule has 0 amide bonds. The zero-order valence-electron chi connectivity index (χ0n) is 11.1. The maximum atomic E-state index is 9.92. The van der Waals surface area contributed by atoms with E-state index >= 15 is 0 Å². The van der Waals surface area contributed by atoms with Gasteiger partial charge in [0.1, 0.15) is 0 Å². The van der Waals surface area contributed by atoms with Gasteiger partial charge in [0.15, 0.2) is 0 Å². The Bertz CT molecular complexity index is 409. The molecule has 1 aliphatic rings. The van der Waals surface area contributed by atoms with Gasteiger partial charge in [0.2, 0.25) is 0 Å². The highest BCUT2D eigenvalue weighted by molar-refractivity contribution is 9.10. The maximum absolute atomic E-state index is 9.92. The minimum absolute atomic E-state index is 0.432. The van der Waals surface area contributed by atoms with Gasteiger partial charge in [-0.2, -0.15) is 0 Å². The number of nitrogens with zero attached hydrogens (tertiary/aromatic N) is 2. The van der Waals surface area contributed by atoms with Crippen molar-refractivity contribution in [1.82, 2.24) is 4.90 Å². The molecule has 0 saturated carbocycles. The molecule has 2 rings (SSSR count). The summed E-state index contributed by atoms with van der Waals surface area (Å²) in [6.45, 7) is 6.14. The van der Waals surface area contributed by atoms with Crippen LogP contribution in [0, 0.1) is 0 Å². The van der Waals surface area contributed by atoms with Crippen molar-refractivity contribution in [2.45, 2.75) is 19.4 Å². The lowest BCUT2D eigenvalue weighted by atomic mass is 10.1. The second kappa shape index (κ2) is 6.04. The van der Waals surface area contributed by atoms with Crippen LogP contribution in [-0.2, 0) is 0 Å². The highest BCUT2D eigenvalue weighted by Gasteiger charge is 2.17. The number of hydrogen-bond donors (Lipinski definition) is 1. The van der Waals surface area contributed by atoms with Gasteiger partial charge in [0.25, 0.3) is 0 Å². The van der Waals surface area contributed by atoms with Crippen molar-refractivity contribution in [1.29, 1.82) is 0 Å². The van der Waals surface area contributed by atoms with Crippen LogP contribution < -0.4 is 4.90 Å². The Morgan fingerprint density at radius 3 is 2.72 bits per heavy atom. The van der Waals surface area contributed by atoms with E-state index in [1.807, 2.05) is 13.0 Å². The quantitative estimate of drug-likeness (QED) is 0.909. The average Bonchev–Trinajstić information content (AvgIpc) is 2.54. The zero-order valence-corrected chi connectivity index (χ0v) is 12.7. The standard InChI is InChI=1S/C14H21BrN2O/c1-11(18)13-10-12(15)4-5-14(13)17-7-3-6-16(2)8-9-17/h4-5,10-11,18H,3,6-9H2,1-2H3. The molecular weight excluding hydrogens is 292 g/mol. The first-order chi connectivity index (χ1) is 8.58. The highest BCUT2D eigenvalue weighted by atomic mass is 79.9. The van der Waals surface area contributed by atoms with Gasteiger partial charge in [-0.1, -0.05) is 15.9 Å². The summed E-state index contributed by atoms with van der Waals surface area (Å²) in [4.78, 5) is 4.75. The summed E-state index contributed by atoms with van der Waals surface area (Å²) in [6.07, 6.45) is 0.740. The predicted molar refractivity (Wildman–Crippen MR) is 79.1 cm³/mol. The van der Waals surface area contributed by atoms with Crippen LogP contribution >= 0.6 is 15.9 Å². The molecule has 18 heavy (non-hydrogen) atoms. The van der Waals surface area contributed by atoms with Crippen LogP contribution in [0.1, 0.15) is 25.0 Å². The average molecular weight is 313 g/mol. The Hall–Kier alpha value is -0.580. The molecule has 0 radical (unpaired) electrons. The van der Waals surface area contributed by atoms with Crippen LogP contribution in [0.2, 0.25) is 0 Å². The molecule has 0 bridgehead atoms. The lowest BCUT2D eigenvalue weighted by Crippen LogP contribution is -2.29. The lowest BCUT2D eigenvalue weighted by Gasteiger charge is -2.26. The largest absolute Gasteiger partial charge is 0.389 e. The van der Waals surface area contributed by atoms with Crippen LogP contribution in [-0.4, -0.2) is 43.2 Å². The molecule has 1 atom stereocenters. The summed E-state index contributed by atoms with van der Waals surface area (Å²) < 4.78 is 1.02. The van der Waals surface area contributed by atoms with Gasteiger partial charge < -0.3 is 14.9 Å². The van der Waals surface area contributed by atoms with E-state index in [0.29, 0.717) is 0 Å². The fourth-order valence-electron chi connectivity index (χ4n) is 2.44. The number of rotatable bonds is 2. The smallest absolute Gasteiger partial charge is 0.0782 e. The fraction of sp³-hybridized carbons (Fsp3) is 0.571. The highest BCUT2D eigenvalue weighted by Crippen LogP contribution is 2.30. The van der Waals surface area contributed by atoms with E-state index in [1.54, 1.807) is 0 Å². The first kappa shape index (κ1) is 13.8. The molecule has 1 heterocycles. The van der Waals surface area contributed by atoms with Crippen molar-refractivity contribution in [2.24, 2.45) is 0 Å². The first-order valence-electron chi connectivity index (χ1n) is 6.49. The van der Waals surface area contributed by atoms with Crippen LogP contribution in [0.15, 0.2) is 22.7 Å². The minimum Gasteiger partial charge on any atom is -0.389 e. The molecule has 1 aromatic carbocycles. The van der Waals surface area contributed by atoms with Crippen LogP contribution in [0.3, 0.4) is 0 Å². The van der Waals surface area contributed by atoms with Gasteiger partial charge in [-0.15, -0.1) is 0 Å². The number of hydrogen-bond acceptors (Lipinski definition) is 3. The molecule has 3 nitrogen and oxygen atoms in total. The van der Waals surface area contributed by atoms with Crippen molar-refractivity contribution >= 4 is 21.6 Å². The molecule has 1 saturated heterocycles. The zero-order chi connectivity index (χ0) is 13.1. The lowest BCUT2D eigenvalue weighted by molar-refractivity contribution is 0.199. The molecule has 1 unspecified atom stereocenters. The fourth-order valence-corrected chi connectivity index (χ4v) is 2.81. The third-order valence-corrected chi connectivity index (χ3v) is 3.99.